The summed E-state index contributed by atoms with van der Waals surface area (Å²) in [5.41, 5.74) is 5.41. The first-order chi connectivity index (χ1) is 14.6. The SMILES string of the molecule is COc1ccc(NC(C)c2nnc(-c3cccc(C)c3)o2)cc1Cc1ccccc1. The number of ether oxygens (including phenoxy) is 1. The van der Waals surface area contributed by atoms with Crippen LogP contribution in [0.4, 0.5) is 5.69 Å². The molecule has 0 aliphatic rings. The Kier molecular flexibility index (Phi) is 5.80. The first-order valence-electron chi connectivity index (χ1n) is 10.00. The number of aryl methyl sites for hydroxylation is 1. The van der Waals surface area contributed by atoms with E-state index in [4.69, 9.17) is 9.15 Å². The zero-order chi connectivity index (χ0) is 20.9. The first-order valence-corrected chi connectivity index (χ1v) is 10.00. The second-order valence-corrected chi connectivity index (χ2v) is 7.37. The van der Waals surface area contributed by atoms with Gasteiger partial charge in [0.25, 0.3) is 0 Å². The van der Waals surface area contributed by atoms with Crippen molar-refractivity contribution in [2.75, 3.05) is 12.4 Å². The summed E-state index contributed by atoms with van der Waals surface area (Å²) in [6, 6.07) is 24.4. The van der Waals surface area contributed by atoms with E-state index in [2.05, 4.69) is 33.7 Å². The van der Waals surface area contributed by atoms with Crippen molar-refractivity contribution < 1.29 is 9.15 Å². The van der Waals surface area contributed by atoms with Crippen LogP contribution in [0.1, 0.15) is 35.5 Å². The third-order valence-corrected chi connectivity index (χ3v) is 4.98. The Morgan fingerprint density at radius 1 is 0.967 bits per heavy atom. The lowest BCUT2D eigenvalue weighted by Crippen LogP contribution is -2.07. The van der Waals surface area contributed by atoms with Crippen molar-refractivity contribution in [3.63, 3.8) is 0 Å². The molecular weight excluding hydrogens is 374 g/mol. The summed E-state index contributed by atoms with van der Waals surface area (Å²) in [7, 11) is 1.70. The highest BCUT2D eigenvalue weighted by Gasteiger charge is 2.16. The molecule has 0 fully saturated rings. The first kappa shape index (κ1) is 19.7. The average molecular weight is 399 g/mol. The quantitative estimate of drug-likeness (QED) is 0.424. The zero-order valence-electron chi connectivity index (χ0n) is 17.4. The summed E-state index contributed by atoms with van der Waals surface area (Å²) in [5.74, 6) is 1.95. The van der Waals surface area contributed by atoms with Crippen LogP contribution in [0.25, 0.3) is 11.5 Å². The zero-order valence-corrected chi connectivity index (χ0v) is 17.4. The van der Waals surface area contributed by atoms with Gasteiger partial charge in [-0.3, -0.25) is 0 Å². The van der Waals surface area contributed by atoms with Gasteiger partial charge in [-0.05, 0) is 49.7 Å². The lowest BCUT2D eigenvalue weighted by molar-refractivity contribution is 0.410. The number of benzene rings is 3. The molecule has 1 atom stereocenters. The standard InChI is InChI=1S/C25H25N3O2/c1-17-8-7-11-20(14-17)25-28-27-24(30-25)18(2)26-22-12-13-23(29-3)21(16-22)15-19-9-5-4-6-10-19/h4-14,16,18,26H,15H2,1-3H3. The van der Waals surface area contributed by atoms with Gasteiger partial charge in [0.1, 0.15) is 11.8 Å². The van der Waals surface area contributed by atoms with Crippen molar-refractivity contribution in [2.45, 2.75) is 26.3 Å². The smallest absolute Gasteiger partial charge is 0.247 e. The minimum atomic E-state index is -0.131. The van der Waals surface area contributed by atoms with Gasteiger partial charge in [-0.25, -0.2) is 0 Å². The van der Waals surface area contributed by atoms with E-state index in [1.807, 2.05) is 68.4 Å². The number of nitrogens with one attached hydrogen (secondary N) is 1. The van der Waals surface area contributed by atoms with E-state index < -0.39 is 0 Å². The summed E-state index contributed by atoms with van der Waals surface area (Å²) in [5, 5.41) is 11.9. The maximum atomic E-state index is 5.92. The highest BCUT2D eigenvalue weighted by atomic mass is 16.5. The highest BCUT2D eigenvalue weighted by molar-refractivity contribution is 5.55. The molecule has 4 rings (SSSR count). The van der Waals surface area contributed by atoms with Crippen LogP contribution in [0.15, 0.2) is 77.2 Å². The summed E-state index contributed by atoms with van der Waals surface area (Å²) in [6.07, 6.45) is 0.798. The van der Waals surface area contributed by atoms with Gasteiger partial charge in [-0.2, -0.15) is 0 Å². The number of hydrogen-bond donors (Lipinski definition) is 1. The van der Waals surface area contributed by atoms with Gasteiger partial charge < -0.3 is 14.5 Å². The Balaban J connectivity index is 1.52. The van der Waals surface area contributed by atoms with E-state index in [0.29, 0.717) is 11.8 Å². The minimum absolute atomic E-state index is 0.131. The normalized spacial score (nSPS) is 11.8. The van der Waals surface area contributed by atoms with E-state index in [0.717, 1.165) is 34.5 Å². The van der Waals surface area contributed by atoms with Gasteiger partial charge in [0, 0.05) is 23.2 Å². The number of hydrogen-bond acceptors (Lipinski definition) is 5. The largest absolute Gasteiger partial charge is 0.496 e. The number of methoxy groups -OCH3 is 1. The Labute approximate surface area is 176 Å². The van der Waals surface area contributed by atoms with Crippen molar-refractivity contribution in [1.82, 2.24) is 10.2 Å². The van der Waals surface area contributed by atoms with Crippen molar-refractivity contribution in [3.05, 3.63) is 95.4 Å². The van der Waals surface area contributed by atoms with Crippen LogP contribution < -0.4 is 10.1 Å². The van der Waals surface area contributed by atoms with E-state index in [9.17, 15) is 0 Å². The van der Waals surface area contributed by atoms with Crippen molar-refractivity contribution in [1.29, 1.82) is 0 Å². The fraction of sp³-hybridized carbons (Fsp3) is 0.200. The minimum Gasteiger partial charge on any atom is -0.496 e. The van der Waals surface area contributed by atoms with Crippen molar-refractivity contribution in [3.8, 4) is 17.2 Å². The maximum absolute atomic E-state index is 5.92. The third-order valence-electron chi connectivity index (χ3n) is 4.98. The average Bonchev–Trinajstić information content (AvgIpc) is 3.25. The molecule has 0 aliphatic carbocycles. The molecule has 0 spiro atoms. The van der Waals surface area contributed by atoms with Gasteiger partial charge in [0.05, 0.1) is 7.11 Å². The van der Waals surface area contributed by atoms with Crippen molar-refractivity contribution in [2.24, 2.45) is 0 Å². The topological polar surface area (TPSA) is 60.2 Å². The van der Waals surface area contributed by atoms with Gasteiger partial charge in [0.2, 0.25) is 11.8 Å². The predicted octanol–water partition coefficient (Wildman–Crippen LogP) is 5.82. The van der Waals surface area contributed by atoms with E-state index in [1.165, 1.54) is 5.56 Å². The number of nitrogens with zero attached hydrogens (tertiary/aromatic N) is 2. The molecule has 5 nitrogen and oxygen atoms in total. The molecular formula is C25H25N3O2. The Morgan fingerprint density at radius 3 is 2.57 bits per heavy atom. The Hall–Kier alpha value is -3.60. The van der Waals surface area contributed by atoms with Crippen LogP contribution >= 0.6 is 0 Å². The molecule has 3 aromatic carbocycles. The molecule has 0 amide bonds. The molecule has 1 N–H and O–H groups in total. The molecule has 30 heavy (non-hydrogen) atoms. The number of rotatable bonds is 7. The Morgan fingerprint density at radius 2 is 1.80 bits per heavy atom. The fourth-order valence-electron chi connectivity index (χ4n) is 3.44. The lowest BCUT2D eigenvalue weighted by Gasteiger charge is -2.15. The van der Waals surface area contributed by atoms with Crippen LogP contribution in [0.5, 0.6) is 5.75 Å². The van der Waals surface area contributed by atoms with E-state index >= 15 is 0 Å². The molecule has 0 saturated heterocycles. The second-order valence-electron chi connectivity index (χ2n) is 7.37. The molecule has 4 aromatic rings. The number of anilines is 1. The summed E-state index contributed by atoms with van der Waals surface area (Å²) in [6.45, 7) is 4.05. The summed E-state index contributed by atoms with van der Waals surface area (Å²) >= 11 is 0. The van der Waals surface area contributed by atoms with Crippen LogP contribution in [0, 0.1) is 6.92 Å². The molecule has 1 unspecified atom stereocenters. The van der Waals surface area contributed by atoms with Crippen LogP contribution in [0.2, 0.25) is 0 Å². The molecule has 1 heterocycles. The molecule has 0 aliphatic heterocycles. The van der Waals surface area contributed by atoms with E-state index in [1.54, 1.807) is 7.11 Å². The van der Waals surface area contributed by atoms with E-state index in [-0.39, 0.29) is 6.04 Å². The predicted molar refractivity (Wildman–Crippen MR) is 119 cm³/mol. The van der Waals surface area contributed by atoms with Gasteiger partial charge in [-0.1, -0.05) is 48.0 Å². The van der Waals surface area contributed by atoms with Crippen molar-refractivity contribution >= 4 is 5.69 Å². The number of aromatic nitrogens is 2. The maximum Gasteiger partial charge on any atom is 0.247 e. The lowest BCUT2D eigenvalue weighted by atomic mass is 10.0. The van der Waals surface area contributed by atoms with Crippen LogP contribution in [-0.2, 0) is 6.42 Å². The molecule has 152 valence electrons. The van der Waals surface area contributed by atoms with Gasteiger partial charge in [0.15, 0.2) is 0 Å². The molecule has 0 bridgehead atoms. The highest BCUT2D eigenvalue weighted by Crippen LogP contribution is 2.28. The summed E-state index contributed by atoms with van der Waals surface area (Å²) < 4.78 is 11.5. The molecule has 5 heteroatoms. The third kappa shape index (κ3) is 4.51. The second kappa shape index (κ2) is 8.82. The van der Waals surface area contributed by atoms with Gasteiger partial charge >= 0.3 is 0 Å². The van der Waals surface area contributed by atoms with Crippen LogP contribution in [0.3, 0.4) is 0 Å². The Bertz CT molecular complexity index is 1120. The van der Waals surface area contributed by atoms with Crippen LogP contribution in [-0.4, -0.2) is 17.3 Å². The van der Waals surface area contributed by atoms with Gasteiger partial charge in [-0.15, -0.1) is 10.2 Å². The molecule has 0 saturated carbocycles. The molecule has 1 aromatic heterocycles. The molecule has 0 radical (unpaired) electrons. The summed E-state index contributed by atoms with van der Waals surface area (Å²) in [4.78, 5) is 0. The fourth-order valence-corrected chi connectivity index (χ4v) is 3.44. The monoisotopic (exact) mass is 399 g/mol.